The Balaban J connectivity index is 2.53. The van der Waals surface area contributed by atoms with E-state index in [2.05, 4.69) is 9.97 Å². The Morgan fingerprint density at radius 1 is 1.37 bits per heavy atom. The summed E-state index contributed by atoms with van der Waals surface area (Å²) in [7, 11) is 1.91. The molecule has 0 aliphatic rings. The fourth-order valence-corrected chi connectivity index (χ4v) is 2.24. The minimum absolute atomic E-state index is 0.162. The summed E-state index contributed by atoms with van der Waals surface area (Å²) in [5.74, 6) is 0.351. The van der Waals surface area contributed by atoms with Crippen LogP contribution >= 0.6 is 11.8 Å². The van der Waals surface area contributed by atoms with E-state index in [0.29, 0.717) is 11.3 Å². The fourth-order valence-electron chi connectivity index (χ4n) is 1.78. The molecule has 0 saturated heterocycles. The molecular weight excluding hydrogens is 262 g/mol. The Hall–Kier alpha value is -1.82. The molecule has 0 radical (unpaired) electrons. The number of carbonyl (C=O) groups is 1. The van der Waals surface area contributed by atoms with Crippen LogP contribution in [-0.4, -0.2) is 46.6 Å². The van der Waals surface area contributed by atoms with Crippen LogP contribution in [0.3, 0.4) is 0 Å². The van der Waals surface area contributed by atoms with Crippen molar-refractivity contribution in [1.29, 1.82) is 0 Å². The monoisotopic (exact) mass is 277 g/mol. The van der Waals surface area contributed by atoms with Crippen LogP contribution in [0.4, 0.5) is 5.82 Å². The predicted octanol–water partition coefficient (Wildman–Crippen LogP) is 2.13. The lowest BCUT2D eigenvalue weighted by Gasteiger charge is -2.19. The Labute approximate surface area is 115 Å². The van der Waals surface area contributed by atoms with Gasteiger partial charge in [-0.3, -0.25) is 0 Å². The lowest BCUT2D eigenvalue weighted by Crippen LogP contribution is -2.23. The summed E-state index contributed by atoms with van der Waals surface area (Å²) in [6, 6.07) is 7.45. The van der Waals surface area contributed by atoms with E-state index in [4.69, 9.17) is 5.11 Å². The molecule has 6 heteroatoms. The number of rotatable bonds is 5. The van der Waals surface area contributed by atoms with Crippen molar-refractivity contribution in [2.24, 2.45) is 0 Å². The van der Waals surface area contributed by atoms with E-state index in [9.17, 15) is 4.79 Å². The molecule has 0 amide bonds. The van der Waals surface area contributed by atoms with Gasteiger partial charge in [-0.15, -0.1) is 0 Å². The third-order valence-corrected chi connectivity index (χ3v) is 3.36. The Morgan fingerprint density at radius 3 is 2.79 bits per heavy atom. The summed E-state index contributed by atoms with van der Waals surface area (Å²) in [5, 5.41) is 9.95. The molecule has 5 nitrogen and oxygen atoms in total. The SMILES string of the molecule is CSCCN(C)c1nc(C(=O)O)nc2ccccc12. The molecule has 0 fully saturated rings. The molecule has 0 bridgehead atoms. The van der Waals surface area contributed by atoms with Crippen molar-refractivity contribution < 1.29 is 9.90 Å². The van der Waals surface area contributed by atoms with E-state index in [-0.39, 0.29) is 5.82 Å². The van der Waals surface area contributed by atoms with Gasteiger partial charge >= 0.3 is 5.97 Å². The summed E-state index contributed by atoms with van der Waals surface area (Å²) < 4.78 is 0. The number of fused-ring (bicyclic) bond motifs is 1. The number of aromatic nitrogens is 2. The summed E-state index contributed by atoms with van der Waals surface area (Å²) in [5.41, 5.74) is 0.654. The number of para-hydroxylation sites is 1. The zero-order valence-corrected chi connectivity index (χ0v) is 11.6. The van der Waals surface area contributed by atoms with E-state index in [1.54, 1.807) is 17.8 Å². The molecule has 1 heterocycles. The molecule has 19 heavy (non-hydrogen) atoms. The smallest absolute Gasteiger partial charge is 0.374 e. The van der Waals surface area contributed by atoms with Crippen molar-refractivity contribution in [2.45, 2.75) is 0 Å². The quantitative estimate of drug-likeness (QED) is 0.903. The van der Waals surface area contributed by atoms with E-state index in [1.165, 1.54) is 0 Å². The summed E-state index contributed by atoms with van der Waals surface area (Å²) in [4.78, 5) is 21.3. The molecule has 1 aromatic heterocycles. The maximum atomic E-state index is 11.1. The minimum atomic E-state index is -1.11. The Kier molecular flexibility index (Phi) is 4.21. The van der Waals surface area contributed by atoms with Crippen LogP contribution in [0.25, 0.3) is 10.9 Å². The number of hydrogen-bond donors (Lipinski definition) is 1. The van der Waals surface area contributed by atoms with Crippen molar-refractivity contribution in [3.8, 4) is 0 Å². The molecule has 0 atom stereocenters. The first-order valence-electron chi connectivity index (χ1n) is 5.83. The average molecular weight is 277 g/mol. The Bertz CT molecular complexity index is 603. The van der Waals surface area contributed by atoms with Crippen LogP contribution in [0.5, 0.6) is 0 Å². The summed E-state index contributed by atoms with van der Waals surface area (Å²) in [6.45, 7) is 0.807. The van der Waals surface area contributed by atoms with Crippen molar-refractivity contribution in [3.05, 3.63) is 30.1 Å². The van der Waals surface area contributed by atoms with Gasteiger partial charge in [-0.05, 0) is 18.4 Å². The van der Waals surface area contributed by atoms with Gasteiger partial charge in [-0.1, -0.05) is 12.1 Å². The molecule has 100 valence electrons. The highest BCUT2D eigenvalue weighted by Crippen LogP contribution is 2.23. The highest BCUT2D eigenvalue weighted by atomic mass is 32.2. The van der Waals surface area contributed by atoms with Gasteiger partial charge in [0, 0.05) is 24.7 Å². The molecule has 1 N–H and O–H groups in total. The van der Waals surface area contributed by atoms with Gasteiger partial charge in [0.25, 0.3) is 0 Å². The van der Waals surface area contributed by atoms with Crippen molar-refractivity contribution >= 4 is 34.5 Å². The predicted molar refractivity (Wildman–Crippen MR) is 78.1 cm³/mol. The second kappa shape index (κ2) is 5.88. The number of benzene rings is 1. The molecule has 1 aromatic carbocycles. The van der Waals surface area contributed by atoms with Crippen LogP contribution in [0.2, 0.25) is 0 Å². The van der Waals surface area contributed by atoms with Gasteiger partial charge in [0.2, 0.25) is 5.82 Å². The Morgan fingerprint density at radius 2 is 2.11 bits per heavy atom. The van der Waals surface area contributed by atoms with Crippen molar-refractivity contribution in [3.63, 3.8) is 0 Å². The lowest BCUT2D eigenvalue weighted by atomic mass is 10.2. The van der Waals surface area contributed by atoms with Crippen LogP contribution < -0.4 is 4.90 Å². The number of nitrogens with zero attached hydrogens (tertiary/aromatic N) is 3. The first-order chi connectivity index (χ1) is 9.13. The average Bonchev–Trinajstić information content (AvgIpc) is 2.43. The number of carboxylic acids is 1. The van der Waals surface area contributed by atoms with Gasteiger partial charge in [0.05, 0.1) is 5.52 Å². The maximum absolute atomic E-state index is 11.1. The molecule has 2 aromatic rings. The lowest BCUT2D eigenvalue weighted by molar-refractivity contribution is 0.0684. The molecular formula is C13H15N3O2S. The van der Waals surface area contributed by atoms with Gasteiger partial charge in [-0.2, -0.15) is 11.8 Å². The molecule has 0 aliphatic heterocycles. The number of anilines is 1. The first-order valence-corrected chi connectivity index (χ1v) is 7.23. The normalized spacial score (nSPS) is 10.6. The van der Waals surface area contributed by atoms with Crippen molar-refractivity contribution in [2.75, 3.05) is 30.5 Å². The van der Waals surface area contributed by atoms with Gasteiger partial charge in [-0.25, -0.2) is 14.8 Å². The van der Waals surface area contributed by atoms with E-state index in [1.807, 2.05) is 36.4 Å². The standard InChI is InChI=1S/C13H15N3O2S/c1-16(7-8-19-2)12-9-5-3-4-6-10(9)14-11(15-12)13(17)18/h3-6H,7-8H2,1-2H3,(H,17,18). The minimum Gasteiger partial charge on any atom is -0.475 e. The highest BCUT2D eigenvalue weighted by Gasteiger charge is 2.14. The van der Waals surface area contributed by atoms with Crippen LogP contribution in [-0.2, 0) is 0 Å². The zero-order chi connectivity index (χ0) is 13.8. The van der Waals surface area contributed by atoms with Gasteiger partial charge in [0.1, 0.15) is 5.82 Å². The van der Waals surface area contributed by atoms with E-state index in [0.717, 1.165) is 17.7 Å². The van der Waals surface area contributed by atoms with E-state index >= 15 is 0 Å². The second-order valence-corrected chi connectivity index (χ2v) is 5.09. The molecule has 0 spiro atoms. The molecule has 0 aliphatic carbocycles. The van der Waals surface area contributed by atoms with Crippen LogP contribution in [0.1, 0.15) is 10.6 Å². The number of hydrogen-bond acceptors (Lipinski definition) is 5. The maximum Gasteiger partial charge on any atom is 0.374 e. The number of carboxylic acid groups (broad SMARTS) is 1. The van der Waals surface area contributed by atoms with E-state index < -0.39 is 5.97 Å². The second-order valence-electron chi connectivity index (χ2n) is 4.11. The third kappa shape index (κ3) is 2.96. The summed E-state index contributed by atoms with van der Waals surface area (Å²) in [6.07, 6.45) is 2.04. The molecule has 0 saturated carbocycles. The molecule has 2 rings (SSSR count). The number of aromatic carboxylic acids is 1. The fraction of sp³-hybridized carbons (Fsp3) is 0.308. The zero-order valence-electron chi connectivity index (χ0n) is 10.8. The largest absolute Gasteiger partial charge is 0.475 e. The number of thioether (sulfide) groups is 1. The van der Waals surface area contributed by atoms with Crippen LogP contribution in [0.15, 0.2) is 24.3 Å². The van der Waals surface area contributed by atoms with Gasteiger partial charge < -0.3 is 10.0 Å². The van der Waals surface area contributed by atoms with Gasteiger partial charge in [0.15, 0.2) is 0 Å². The molecule has 0 unspecified atom stereocenters. The van der Waals surface area contributed by atoms with Crippen LogP contribution in [0, 0.1) is 0 Å². The summed E-state index contributed by atoms with van der Waals surface area (Å²) >= 11 is 1.74. The first kappa shape index (κ1) is 13.6. The third-order valence-electron chi connectivity index (χ3n) is 2.77. The highest BCUT2D eigenvalue weighted by molar-refractivity contribution is 7.98. The topological polar surface area (TPSA) is 66.3 Å². The van der Waals surface area contributed by atoms with Crippen molar-refractivity contribution in [1.82, 2.24) is 9.97 Å².